The average molecular weight is 304 g/mol. The van der Waals surface area contributed by atoms with E-state index >= 15 is 0 Å². The van der Waals surface area contributed by atoms with Crippen molar-refractivity contribution in [3.8, 4) is 5.88 Å². The number of carbonyl (C=O) groups is 1. The van der Waals surface area contributed by atoms with E-state index in [4.69, 9.17) is 4.74 Å². The number of ether oxygens (including phenoxy) is 2. The van der Waals surface area contributed by atoms with Gasteiger partial charge in [0, 0.05) is 25.4 Å². The second kappa shape index (κ2) is 6.75. The molecule has 2 heterocycles. The molecule has 1 saturated heterocycles. The molecule has 0 radical (unpaired) electrons. The highest BCUT2D eigenvalue weighted by Gasteiger charge is 2.28. The molecule has 21 heavy (non-hydrogen) atoms. The summed E-state index contributed by atoms with van der Waals surface area (Å²) in [5.74, 6) is -0.525. The highest BCUT2D eigenvalue weighted by molar-refractivity contribution is 5.93. The Morgan fingerprint density at radius 3 is 2.86 bits per heavy atom. The molecule has 1 aromatic heterocycles. The van der Waals surface area contributed by atoms with Crippen LogP contribution >= 0.6 is 0 Å². The van der Waals surface area contributed by atoms with Gasteiger partial charge in [0.05, 0.1) is 11.7 Å². The molecule has 2 rings (SSSR count). The average Bonchev–Trinajstić information content (AvgIpc) is 2.95. The van der Waals surface area contributed by atoms with Gasteiger partial charge in [0.1, 0.15) is 0 Å². The number of pyridine rings is 1. The van der Waals surface area contributed by atoms with Crippen LogP contribution in [0.4, 0.5) is 13.2 Å². The van der Waals surface area contributed by atoms with Gasteiger partial charge in [0.25, 0.3) is 5.91 Å². The first-order chi connectivity index (χ1) is 9.94. The Morgan fingerprint density at radius 1 is 1.48 bits per heavy atom. The molecule has 1 N–H and O–H groups in total. The lowest BCUT2D eigenvalue weighted by Crippen LogP contribution is -2.31. The van der Waals surface area contributed by atoms with Crippen molar-refractivity contribution in [2.45, 2.75) is 25.1 Å². The van der Waals surface area contributed by atoms with Gasteiger partial charge in [-0.15, -0.1) is 0 Å². The van der Waals surface area contributed by atoms with E-state index in [2.05, 4.69) is 15.0 Å². The minimum Gasteiger partial charge on any atom is -0.468 e. The standard InChI is InChI=1S/C13H15F3N2O3/c14-13(15,16)8-21-11-4-3-9(6-17-11)12(19)18-7-10-2-1-5-20-10/h3-4,6,10H,1-2,5,7-8H2,(H,18,19)/t10-/m0/s1. The van der Waals surface area contributed by atoms with Crippen molar-refractivity contribution in [2.75, 3.05) is 19.8 Å². The number of amides is 1. The van der Waals surface area contributed by atoms with Gasteiger partial charge in [0.15, 0.2) is 6.61 Å². The first-order valence-corrected chi connectivity index (χ1v) is 6.49. The number of hydrogen-bond donors (Lipinski definition) is 1. The number of hydrogen-bond acceptors (Lipinski definition) is 4. The molecule has 0 saturated carbocycles. The fourth-order valence-corrected chi connectivity index (χ4v) is 1.87. The van der Waals surface area contributed by atoms with Crippen molar-refractivity contribution < 1.29 is 27.4 Å². The highest BCUT2D eigenvalue weighted by atomic mass is 19.4. The topological polar surface area (TPSA) is 60.5 Å². The van der Waals surface area contributed by atoms with Crippen molar-refractivity contribution in [3.63, 3.8) is 0 Å². The fourth-order valence-electron chi connectivity index (χ4n) is 1.87. The molecular weight excluding hydrogens is 289 g/mol. The van der Waals surface area contributed by atoms with Crippen molar-refractivity contribution in [1.82, 2.24) is 10.3 Å². The molecular formula is C13H15F3N2O3. The van der Waals surface area contributed by atoms with Crippen LogP contribution in [0.25, 0.3) is 0 Å². The van der Waals surface area contributed by atoms with E-state index in [0.717, 1.165) is 12.8 Å². The van der Waals surface area contributed by atoms with Gasteiger partial charge in [-0.25, -0.2) is 4.98 Å². The molecule has 8 heteroatoms. The summed E-state index contributed by atoms with van der Waals surface area (Å²) in [5, 5.41) is 2.69. The molecule has 1 aromatic rings. The second-order valence-electron chi connectivity index (χ2n) is 4.63. The number of alkyl halides is 3. The Morgan fingerprint density at radius 2 is 2.29 bits per heavy atom. The van der Waals surface area contributed by atoms with Gasteiger partial charge in [-0.1, -0.05) is 0 Å². The molecule has 1 atom stereocenters. The van der Waals surface area contributed by atoms with Gasteiger partial charge in [-0.3, -0.25) is 4.79 Å². The third-order valence-electron chi connectivity index (χ3n) is 2.90. The molecule has 1 aliphatic heterocycles. The molecule has 0 bridgehead atoms. The van der Waals surface area contributed by atoms with Crippen LogP contribution in [0, 0.1) is 0 Å². The van der Waals surface area contributed by atoms with Gasteiger partial charge in [0.2, 0.25) is 5.88 Å². The molecule has 1 fully saturated rings. The van der Waals surface area contributed by atoms with Crippen molar-refractivity contribution in [3.05, 3.63) is 23.9 Å². The number of rotatable bonds is 5. The normalized spacial score (nSPS) is 18.5. The van der Waals surface area contributed by atoms with Gasteiger partial charge in [-0.05, 0) is 18.9 Å². The van der Waals surface area contributed by atoms with E-state index in [1.54, 1.807) is 0 Å². The Hall–Kier alpha value is -1.83. The van der Waals surface area contributed by atoms with Crippen LogP contribution in [0.5, 0.6) is 5.88 Å². The van der Waals surface area contributed by atoms with E-state index < -0.39 is 12.8 Å². The van der Waals surface area contributed by atoms with Crippen LogP contribution < -0.4 is 10.1 Å². The minimum atomic E-state index is -4.42. The van der Waals surface area contributed by atoms with Crippen molar-refractivity contribution in [2.24, 2.45) is 0 Å². The SMILES string of the molecule is O=C(NC[C@@H]1CCCO1)c1ccc(OCC(F)(F)F)nc1. The highest BCUT2D eigenvalue weighted by Crippen LogP contribution is 2.17. The first-order valence-electron chi connectivity index (χ1n) is 6.49. The van der Waals surface area contributed by atoms with Crippen LogP contribution in [0.3, 0.4) is 0 Å². The Bertz CT molecular complexity index is 471. The predicted octanol–water partition coefficient (Wildman–Crippen LogP) is 1.93. The molecule has 0 unspecified atom stereocenters. The number of aromatic nitrogens is 1. The van der Waals surface area contributed by atoms with Crippen LogP contribution in [-0.2, 0) is 4.74 Å². The van der Waals surface area contributed by atoms with Crippen LogP contribution in [-0.4, -0.2) is 42.9 Å². The zero-order valence-electron chi connectivity index (χ0n) is 11.2. The minimum absolute atomic E-state index is 0.0244. The van der Waals surface area contributed by atoms with E-state index in [-0.39, 0.29) is 23.5 Å². The summed E-state index contributed by atoms with van der Waals surface area (Å²) in [4.78, 5) is 15.5. The van der Waals surface area contributed by atoms with Crippen LogP contribution in [0.15, 0.2) is 18.3 Å². The smallest absolute Gasteiger partial charge is 0.422 e. The number of carbonyl (C=O) groups excluding carboxylic acids is 1. The second-order valence-corrected chi connectivity index (χ2v) is 4.63. The number of nitrogens with zero attached hydrogens (tertiary/aromatic N) is 1. The Kier molecular flexibility index (Phi) is 5.00. The van der Waals surface area contributed by atoms with Crippen molar-refractivity contribution in [1.29, 1.82) is 0 Å². The third kappa shape index (κ3) is 5.22. The third-order valence-corrected chi connectivity index (χ3v) is 2.90. The van der Waals surface area contributed by atoms with Crippen molar-refractivity contribution >= 4 is 5.91 Å². The summed E-state index contributed by atoms with van der Waals surface area (Å²) in [6, 6.07) is 2.59. The number of halogens is 3. The summed E-state index contributed by atoms with van der Waals surface area (Å²) >= 11 is 0. The quantitative estimate of drug-likeness (QED) is 0.903. The maximum absolute atomic E-state index is 12.0. The van der Waals surface area contributed by atoms with Crippen LogP contribution in [0.2, 0.25) is 0 Å². The maximum atomic E-state index is 12.0. The first kappa shape index (κ1) is 15.6. The van der Waals surface area contributed by atoms with E-state index in [9.17, 15) is 18.0 Å². The molecule has 5 nitrogen and oxygen atoms in total. The van der Waals surface area contributed by atoms with E-state index in [1.165, 1.54) is 18.3 Å². The molecule has 1 aliphatic rings. The summed E-state index contributed by atoms with van der Waals surface area (Å²) in [6.07, 6.45) is -1.33. The fraction of sp³-hybridized carbons (Fsp3) is 0.538. The van der Waals surface area contributed by atoms with E-state index in [0.29, 0.717) is 13.2 Å². The summed E-state index contributed by atoms with van der Waals surface area (Å²) in [6.45, 7) is -0.303. The zero-order chi connectivity index (χ0) is 15.3. The monoisotopic (exact) mass is 304 g/mol. The lowest BCUT2D eigenvalue weighted by molar-refractivity contribution is -0.154. The Labute approximate surface area is 119 Å². The largest absolute Gasteiger partial charge is 0.468 e. The van der Waals surface area contributed by atoms with Gasteiger partial charge < -0.3 is 14.8 Å². The Balaban J connectivity index is 1.81. The van der Waals surface area contributed by atoms with Gasteiger partial charge >= 0.3 is 6.18 Å². The lowest BCUT2D eigenvalue weighted by Gasteiger charge is -2.11. The molecule has 0 aromatic carbocycles. The summed E-state index contributed by atoms with van der Waals surface area (Å²) in [5.41, 5.74) is 0.257. The maximum Gasteiger partial charge on any atom is 0.422 e. The predicted molar refractivity (Wildman–Crippen MR) is 67.1 cm³/mol. The molecule has 116 valence electrons. The summed E-state index contributed by atoms with van der Waals surface area (Å²) in [7, 11) is 0. The lowest BCUT2D eigenvalue weighted by atomic mass is 10.2. The van der Waals surface area contributed by atoms with Crippen LogP contribution in [0.1, 0.15) is 23.2 Å². The zero-order valence-corrected chi connectivity index (χ0v) is 11.2. The number of nitrogens with one attached hydrogen (secondary N) is 1. The molecule has 0 spiro atoms. The molecule has 0 aliphatic carbocycles. The summed E-state index contributed by atoms with van der Waals surface area (Å²) < 4.78 is 45.7. The van der Waals surface area contributed by atoms with E-state index in [1.807, 2.05) is 0 Å². The molecule has 1 amide bonds. The van der Waals surface area contributed by atoms with Gasteiger partial charge in [-0.2, -0.15) is 13.2 Å².